The van der Waals surface area contributed by atoms with Crippen molar-refractivity contribution in [2.75, 3.05) is 0 Å². The van der Waals surface area contributed by atoms with Crippen molar-refractivity contribution >= 4 is 17.6 Å². The second-order valence-electron chi connectivity index (χ2n) is 4.33. The highest BCUT2D eigenvalue weighted by molar-refractivity contribution is 6.29. The van der Waals surface area contributed by atoms with E-state index >= 15 is 0 Å². The number of imidazole rings is 1. The van der Waals surface area contributed by atoms with Gasteiger partial charge < -0.3 is 9.30 Å². The molecule has 0 radical (unpaired) electrons. The number of hydrogen-bond acceptors (Lipinski definition) is 3. The molecule has 0 bridgehead atoms. The Morgan fingerprint density at radius 3 is 2.60 bits per heavy atom. The van der Waals surface area contributed by atoms with Gasteiger partial charge in [-0.25, -0.2) is 4.98 Å². The standard InChI is InChI=1S/C10H15ClN2O2/c1-7-12-8(11)5-13(7)6-9(14)15-10(2,3)4/h5H,6H2,1-4H3. The first-order chi connectivity index (χ1) is 6.78. The molecule has 5 heteroatoms. The number of aryl methyl sites for hydroxylation is 1. The molecule has 15 heavy (non-hydrogen) atoms. The summed E-state index contributed by atoms with van der Waals surface area (Å²) < 4.78 is 6.84. The molecular formula is C10H15ClN2O2. The molecule has 4 nitrogen and oxygen atoms in total. The first-order valence-electron chi connectivity index (χ1n) is 4.69. The SMILES string of the molecule is Cc1nc(Cl)cn1CC(=O)OC(C)(C)C. The zero-order chi connectivity index (χ0) is 11.6. The minimum absolute atomic E-state index is 0.142. The van der Waals surface area contributed by atoms with Crippen molar-refractivity contribution in [2.24, 2.45) is 0 Å². The van der Waals surface area contributed by atoms with Crippen molar-refractivity contribution in [3.63, 3.8) is 0 Å². The second-order valence-corrected chi connectivity index (χ2v) is 4.71. The fourth-order valence-corrected chi connectivity index (χ4v) is 1.38. The van der Waals surface area contributed by atoms with E-state index in [2.05, 4.69) is 4.98 Å². The van der Waals surface area contributed by atoms with Crippen molar-refractivity contribution < 1.29 is 9.53 Å². The van der Waals surface area contributed by atoms with Crippen LogP contribution in [0.15, 0.2) is 6.20 Å². The van der Waals surface area contributed by atoms with Gasteiger partial charge in [0.25, 0.3) is 0 Å². The van der Waals surface area contributed by atoms with E-state index in [0.29, 0.717) is 11.0 Å². The summed E-state index contributed by atoms with van der Waals surface area (Å²) in [6.07, 6.45) is 1.61. The highest BCUT2D eigenvalue weighted by Crippen LogP contribution is 2.11. The van der Waals surface area contributed by atoms with Gasteiger partial charge in [-0.3, -0.25) is 4.79 Å². The van der Waals surface area contributed by atoms with E-state index in [-0.39, 0.29) is 12.5 Å². The van der Waals surface area contributed by atoms with Crippen molar-refractivity contribution in [1.82, 2.24) is 9.55 Å². The molecule has 0 amide bonds. The van der Waals surface area contributed by atoms with E-state index in [4.69, 9.17) is 16.3 Å². The van der Waals surface area contributed by atoms with Gasteiger partial charge in [-0.15, -0.1) is 0 Å². The van der Waals surface area contributed by atoms with E-state index in [0.717, 1.165) is 0 Å². The lowest BCUT2D eigenvalue weighted by Gasteiger charge is -2.19. The van der Waals surface area contributed by atoms with Crippen LogP contribution in [0, 0.1) is 6.92 Å². The predicted molar refractivity (Wildman–Crippen MR) is 57.8 cm³/mol. The molecule has 0 N–H and O–H groups in total. The monoisotopic (exact) mass is 230 g/mol. The zero-order valence-corrected chi connectivity index (χ0v) is 10.1. The Morgan fingerprint density at radius 1 is 1.60 bits per heavy atom. The molecule has 1 aromatic rings. The summed E-state index contributed by atoms with van der Waals surface area (Å²) in [5, 5.41) is 0.385. The van der Waals surface area contributed by atoms with Crippen LogP contribution in [-0.4, -0.2) is 21.1 Å². The number of carbonyl (C=O) groups excluding carboxylic acids is 1. The van der Waals surface area contributed by atoms with E-state index in [1.165, 1.54) is 0 Å². The molecule has 0 atom stereocenters. The van der Waals surface area contributed by atoms with Gasteiger partial charge in [0.1, 0.15) is 23.1 Å². The Bertz CT molecular complexity index is 366. The summed E-state index contributed by atoms with van der Waals surface area (Å²) in [5.74, 6) is 0.408. The average Bonchev–Trinajstić information content (AvgIpc) is 2.25. The van der Waals surface area contributed by atoms with Crippen LogP contribution in [0.3, 0.4) is 0 Å². The van der Waals surface area contributed by atoms with Gasteiger partial charge in [0.15, 0.2) is 0 Å². The van der Waals surface area contributed by atoms with Gasteiger partial charge >= 0.3 is 5.97 Å². The molecule has 0 saturated heterocycles. The molecule has 1 rings (SSSR count). The summed E-state index contributed by atoms with van der Waals surface area (Å²) in [5.41, 5.74) is -0.463. The van der Waals surface area contributed by atoms with E-state index in [1.54, 1.807) is 17.7 Å². The van der Waals surface area contributed by atoms with Gasteiger partial charge in [0, 0.05) is 6.20 Å². The van der Waals surface area contributed by atoms with Gasteiger partial charge in [-0.1, -0.05) is 11.6 Å². The molecule has 0 spiro atoms. The van der Waals surface area contributed by atoms with Crippen molar-refractivity contribution in [1.29, 1.82) is 0 Å². The Kier molecular flexibility index (Phi) is 3.39. The van der Waals surface area contributed by atoms with E-state index < -0.39 is 5.60 Å². The molecule has 0 saturated carbocycles. The highest BCUT2D eigenvalue weighted by Gasteiger charge is 2.17. The third-order valence-electron chi connectivity index (χ3n) is 1.67. The quantitative estimate of drug-likeness (QED) is 0.732. The Morgan fingerprint density at radius 2 is 2.20 bits per heavy atom. The van der Waals surface area contributed by atoms with Crippen LogP contribution in [0.4, 0.5) is 0 Å². The van der Waals surface area contributed by atoms with Crippen LogP contribution in [0.25, 0.3) is 0 Å². The molecular weight excluding hydrogens is 216 g/mol. The molecule has 0 fully saturated rings. The van der Waals surface area contributed by atoms with Gasteiger partial charge in [-0.2, -0.15) is 0 Å². The lowest BCUT2D eigenvalue weighted by Crippen LogP contribution is -2.26. The largest absolute Gasteiger partial charge is 0.459 e. The summed E-state index contributed by atoms with van der Waals surface area (Å²) in [6.45, 7) is 7.43. The number of ether oxygens (including phenoxy) is 1. The lowest BCUT2D eigenvalue weighted by atomic mass is 10.2. The first kappa shape index (κ1) is 12.0. The van der Waals surface area contributed by atoms with Crippen molar-refractivity contribution in [3.05, 3.63) is 17.2 Å². The van der Waals surface area contributed by atoms with Gasteiger partial charge in [-0.05, 0) is 27.7 Å². The topological polar surface area (TPSA) is 44.1 Å². The van der Waals surface area contributed by atoms with Crippen LogP contribution < -0.4 is 0 Å². The average molecular weight is 231 g/mol. The number of esters is 1. The minimum Gasteiger partial charge on any atom is -0.459 e. The maximum Gasteiger partial charge on any atom is 0.326 e. The van der Waals surface area contributed by atoms with Crippen LogP contribution in [0.1, 0.15) is 26.6 Å². The molecule has 0 aliphatic rings. The zero-order valence-electron chi connectivity index (χ0n) is 9.37. The third-order valence-corrected chi connectivity index (χ3v) is 1.85. The summed E-state index contributed by atoms with van der Waals surface area (Å²) in [4.78, 5) is 15.5. The lowest BCUT2D eigenvalue weighted by molar-refractivity contribution is -0.155. The number of hydrogen-bond donors (Lipinski definition) is 0. The predicted octanol–water partition coefficient (Wildman–Crippen LogP) is 2.19. The van der Waals surface area contributed by atoms with Gasteiger partial charge in [0.2, 0.25) is 0 Å². The minimum atomic E-state index is -0.463. The van der Waals surface area contributed by atoms with Crippen LogP contribution in [-0.2, 0) is 16.1 Å². The van der Waals surface area contributed by atoms with Gasteiger partial charge in [0.05, 0.1) is 0 Å². The Labute approximate surface area is 94.2 Å². The molecule has 1 heterocycles. The summed E-state index contributed by atoms with van der Waals surface area (Å²) in [6, 6.07) is 0. The van der Waals surface area contributed by atoms with Crippen LogP contribution in [0.5, 0.6) is 0 Å². The molecule has 1 aromatic heterocycles. The second kappa shape index (κ2) is 4.23. The maximum absolute atomic E-state index is 11.5. The number of halogens is 1. The number of carbonyl (C=O) groups is 1. The fourth-order valence-electron chi connectivity index (χ4n) is 1.14. The van der Waals surface area contributed by atoms with Crippen molar-refractivity contribution in [2.45, 2.75) is 39.8 Å². The molecule has 0 aromatic carbocycles. The normalized spacial score (nSPS) is 11.5. The van der Waals surface area contributed by atoms with Crippen LogP contribution >= 0.6 is 11.6 Å². The number of nitrogens with zero attached hydrogens (tertiary/aromatic N) is 2. The molecule has 0 aliphatic heterocycles. The van der Waals surface area contributed by atoms with E-state index in [9.17, 15) is 4.79 Å². The molecule has 0 unspecified atom stereocenters. The summed E-state index contributed by atoms with van der Waals surface area (Å²) >= 11 is 5.70. The fraction of sp³-hybridized carbons (Fsp3) is 0.600. The summed E-state index contributed by atoms with van der Waals surface area (Å²) in [7, 11) is 0. The molecule has 84 valence electrons. The maximum atomic E-state index is 11.5. The Balaban J connectivity index is 2.63. The van der Waals surface area contributed by atoms with Crippen molar-refractivity contribution in [3.8, 4) is 0 Å². The highest BCUT2D eigenvalue weighted by atomic mass is 35.5. The smallest absolute Gasteiger partial charge is 0.326 e. The number of rotatable bonds is 2. The number of aromatic nitrogens is 2. The third kappa shape index (κ3) is 3.91. The Hall–Kier alpha value is -1.03. The molecule has 0 aliphatic carbocycles. The first-order valence-corrected chi connectivity index (χ1v) is 5.07. The van der Waals surface area contributed by atoms with Crippen LogP contribution in [0.2, 0.25) is 5.15 Å². The van der Waals surface area contributed by atoms with E-state index in [1.807, 2.05) is 20.8 Å².